The molecule has 0 atom stereocenters. The largest absolute Gasteiger partial charge is 0.104 e. The van der Waals surface area contributed by atoms with Crippen LogP contribution in [0.4, 0.5) is 0 Å². The van der Waals surface area contributed by atoms with Crippen molar-refractivity contribution in [1.82, 2.24) is 0 Å². The third-order valence-corrected chi connectivity index (χ3v) is 2.23. The Bertz CT molecular complexity index is 375. The number of allylic oxidation sites excluding steroid dienone is 1. The topological polar surface area (TPSA) is 0 Å². The van der Waals surface area contributed by atoms with E-state index in [9.17, 15) is 0 Å². The predicted octanol–water partition coefficient (Wildman–Crippen LogP) is 3.20. The Kier molecular flexibility index (Phi) is 3.66. The highest BCUT2D eigenvalue weighted by Gasteiger charge is 2.02. The second-order valence-corrected chi connectivity index (χ2v) is 3.82. The lowest BCUT2D eigenvalue weighted by Crippen LogP contribution is -1.94. The Balaban J connectivity index is 3.21. The molecule has 1 aromatic carbocycles. The third kappa shape index (κ3) is 2.33. The van der Waals surface area contributed by atoms with Gasteiger partial charge in [-0.25, -0.2) is 0 Å². The highest BCUT2D eigenvalue weighted by atomic mass is 28.1. The molecule has 14 heavy (non-hydrogen) atoms. The summed E-state index contributed by atoms with van der Waals surface area (Å²) in [5.74, 6) is 0. The monoisotopic (exact) mass is 197 g/mol. The minimum Gasteiger partial charge on any atom is -0.104 e. The molecule has 1 heteroatoms. The SMILES string of the molecule is C=Cc1cccc(CC(=C)[Si])c1C=C. The van der Waals surface area contributed by atoms with Crippen molar-refractivity contribution in [2.75, 3.05) is 0 Å². The van der Waals surface area contributed by atoms with Crippen LogP contribution in [0.3, 0.4) is 0 Å². The van der Waals surface area contributed by atoms with Crippen LogP contribution in [0.1, 0.15) is 16.7 Å². The van der Waals surface area contributed by atoms with E-state index in [4.69, 9.17) is 0 Å². The Morgan fingerprint density at radius 3 is 2.50 bits per heavy atom. The van der Waals surface area contributed by atoms with Gasteiger partial charge in [0.2, 0.25) is 0 Å². The summed E-state index contributed by atoms with van der Waals surface area (Å²) in [5.41, 5.74) is 3.48. The minimum atomic E-state index is 0.819. The molecule has 0 unspecified atom stereocenters. The number of hydrogen-bond acceptors (Lipinski definition) is 0. The van der Waals surface area contributed by atoms with Crippen LogP contribution in [0.5, 0.6) is 0 Å². The Morgan fingerprint density at radius 1 is 1.29 bits per heavy atom. The fourth-order valence-electron chi connectivity index (χ4n) is 1.44. The summed E-state index contributed by atoms with van der Waals surface area (Å²) in [6.45, 7) is 11.4. The van der Waals surface area contributed by atoms with Gasteiger partial charge in [-0.15, -0.1) is 6.58 Å². The highest BCUT2D eigenvalue weighted by Crippen LogP contribution is 2.19. The van der Waals surface area contributed by atoms with E-state index >= 15 is 0 Å². The first kappa shape index (κ1) is 10.7. The molecule has 0 nitrogen and oxygen atoms in total. The van der Waals surface area contributed by atoms with Crippen LogP contribution in [-0.4, -0.2) is 10.2 Å². The number of rotatable bonds is 4. The first-order valence-electron chi connectivity index (χ1n) is 4.45. The van der Waals surface area contributed by atoms with Crippen molar-refractivity contribution in [3.8, 4) is 0 Å². The highest BCUT2D eigenvalue weighted by molar-refractivity contribution is 6.21. The maximum atomic E-state index is 3.83. The second-order valence-electron chi connectivity index (χ2n) is 3.11. The van der Waals surface area contributed by atoms with Crippen LogP contribution < -0.4 is 0 Å². The van der Waals surface area contributed by atoms with Crippen LogP contribution in [0.15, 0.2) is 43.1 Å². The van der Waals surface area contributed by atoms with E-state index in [1.807, 2.05) is 24.3 Å². The molecule has 3 radical (unpaired) electrons. The van der Waals surface area contributed by atoms with E-state index < -0.39 is 0 Å². The number of benzene rings is 1. The summed E-state index contributed by atoms with van der Waals surface area (Å²) in [7, 11) is 3.42. The zero-order valence-corrected chi connectivity index (χ0v) is 9.22. The van der Waals surface area contributed by atoms with E-state index in [1.165, 1.54) is 5.56 Å². The maximum absolute atomic E-state index is 3.83. The zero-order valence-electron chi connectivity index (χ0n) is 8.22. The fourth-order valence-corrected chi connectivity index (χ4v) is 1.63. The first-order chi connectivity index (χ1) is 6.69. The summed E-state index contributed by atoms with van der Waals surface area (Å²) >= 11 is 0. The number of hydrogen-bond donors (Lipinski definition) is 0. The quantitative estimate of drug-likeness (QED) is 0.650. The smallest absolute Gasteiger partial charge is 0.0646 e. The van der Waals surface area contributed by atoms with Crippen LogP contribution >= 0.6 is 0 Å². The molecule has 0 saturated carbocycles. The van der Waals surface area contributed by atoms with Crippen molar-refractivity contribution in [2.45, 2.75) is 6.42 Å². The molecule has 69 valence electrons. The normalized spacial score (nSPS) is 9.50. The Hall–Kier alpha value is -1.34. The molecule has 0 spiro atoms. The lowest BCUT2D eigenvalue weighted by atomic mass is 9.99. The van der Waals surface area contributed by atoms with Gasteiger partial charge in [0.15, 0.2) is 0 Å². The minimum absolute atomic E-state index is 0.819. The lowest BCUT2D eigenvalue weighted by Gasteiger charge is -2.08. The van der Waals surface area contributed by atoms with Gasteiger partial charge in [0, 0.05) is 0 Å². The second kappa shape index (κ2) is 4.77. The predicted molar refractivity (Wildman–Crippen MR) is 65.2 cm³/mol. The summed E-state index contributed by atoms with van der Waals surface area (Å²) < 4.78 is 0. The Morgan fingerprint density at radius 2 is 2.00 bits per heavy atom. The van der Waals surface area contributed by atoms with Gasteiger partial charge < -0.3 is 0 Å². The first-order valence-corrected chi connectivity index (χ1v) is 4.95. The van der Waals surface area contributed by atoms with Crippen molar-refractivity contribution in [2.24, 2.45) is 0 Å². The average molecular weight is 197 g/mol. The van der Waals surface area contributed by atoms with Crippen LogP contribution in [0, 0.1) is 0 Å². The summed E-state index contributed by atoms with van der Waals surface area (Å²) in [4.78, 5) is 0. The molecule has 0 aliphatic carbocycles. The molecule has 0 heterocycles. The summed E-state index contributed by atoms with van der Waals surface area (Å²) in [6.07, 6.45) is 4.53. The summed E-state index contributed by atoms with van der Waals surface area (Å²) in [5, 5.41) is 0.967. The third-order valence-electron chi connectivity index (χ3n) is 2.06. The van der Waals surface area contributed by atoms with Gasteiger partial charge in [0.05, 0.1) is 10.2 Å². The maximum Gasteiger partial charge on any atom is 0.0646 e. The molecular weight excluding hydrogens is 184 g/mol. The van der Waals surface area contributed by atoms with Crippen molar-refractivity contribution in [1.29, 1.82) is 0 Å². The molecule has 0 aliphatic heterocycles. The molecule has 0 fully saturated rings. The standard InChI is InChI=1S/C13H13Si/c1-4-11-7-6-8-12(9-10(3)14)13(11)5-2/h4-8H,1-3,9H2. The van der Waals surface area contributed by atoms with Gasteiger partial charge in [-0.3, -0.25) is 0 Å². The van der Waals surface area contributed by atoms with Gasteiger partial charge >= 0.3 is 0 Å². The molecular formula is C13H13Si. The molecule has 1 rings (SSSR count). The molecule has 0 N–H and O–H groups in total. The molecule has 0 aliphatic rings. The van der Waals surface area contributed by atoms with Crippen molar-refractivity contribution >= 4 is 22.4 Å². The van der Waals surface area contributed by atoms with Gasteiger partial charge in [0.25, 0.3) is 0 Å². The van der Waals surface area contributed by atoms with E-state index in [2.05, 4.69) is 36.0 Å². The molecule has 0 saturated heterocycles. The molecule has 0 aromatic heterocycles. The molecule has 0 amide bonds. The summed E-state index contributed by atoms with van der Waals surface area (Å²) in [6, 6.07) is 6.13. The van der Waals surface area contributed by atoms with Gasteiger partial charge in [-0.1, -0.05) is 48.7 Å². The van der Waals surface area contributed by atoms with E-state index in [0.29, 0.717) is 0 Å². The van der Waals surface area contributed by atoms with Crippen LogP contribution in [-0.2, 0) is 6.42 Å². The zero-order chi connectivity index (χ0) is 10.6. The van der Waals surface area contributed by atoms with E-state index in [-0.39, 0.29) is 0 Å². The molecule has 0 bridgehead atoms. The Labute approximate surface area is 89.1 Å². The van der Waals surface area contributed by atoms with Crippen molar-refractivity contribution < 1.29 is 0 Å². The van der Waals surface area contributed by atoms with Crippen molar-refractivity contribution in [3.63, 3.8) is 0 Å². The van der Waals surface area contributed by atoms with Gasteiger partial charge in [0.1, 0.15) is 0 Å². The van der Waals surface area contributed by atoms with E-state index in [0.717, 1.165) is 22.7 Å². The fraction of sp³-hybridized carbons (Fsp3) is 0.0769. The molecule has 1 aromatic rings. The van der Waals surface area contributed by atoms with Gasteiger partial charge in [-0.2, -0.15) is 0 Å². The van der Waals surface area contributed by atoms with Crippen LogP contribution in [0.2, 0.25) is 0 Å². The lowest BCUT2D eigenvalue weighted by molar-refractivity contribution is 1.23. The van der Waals surface area contributed by atoms with Crippen molar-refractivity contribution in [3.05, 3.63) is 59.8 Å². The van der Waals surface area contributed by atoms with Crippen LogP contribution in [0.25, 0.3) is 12.2 Å². The average Bonchev–Trinajstić information content (AvgIpc) is 2.16. The van der Waals surface area contributed by atoms with Gasteiger partial charge in [-0.05, 0) is 23.1 Å². The van der Waals surface area contributed by atoms with E-state index in [1.54, 1.807) is 0 Å².